The number of carbonyl (C=O) groups excluding carboxylic acids is 2. The van der Waals surface area contributed by atoms with Gasteiger partial charge in [0.05, 0.1) is 29.3 Å². The third kappa shape index (κ3) is 5.59. The summed E-state index contributed by atoms with van der Waals surface area (Å²) in [5.41, 5.74) is 1.32. The van der Waals surface area contributed by atoms with Crippen LogP contribution in [0, 0.1) is 0 Å². The molecular weight excluding hydrogens is 435 g/mol. The SMILES string of the molecule is CCOC(=O)CC(NC(=O)Cn1c(=O)sc2ccccc21)c1ccccc1Cl.Cl. The molecule has 0 bridgehead atoms. The summed E-state index contributed by atoms with van der Waals surface area (Å²) in [6.07, 6.45) is -0.0530. The molecule has 1 amide bonds. The number of esters is 1. The Labute approximate surface area is 182 Å². The molecule has 1 unspecified atom stereocenters. The quantitative estimate of drug-likeness (QED) is 0.548. The molecule has 0 radical (unpaired) electrons. The molecule has 1 heterocycles. The molecule has 2 aromatic carbocycles. The summed E-state index contributed by atoms with van der Waals surface area (Å²) < 4.78 is 7.25. The number of nitrogens with one attached hydrogen (secondary N) is 1. The minimum absolute atomic E-state index is 0. The van der Waals surface area contributed by atoms with Crippen molar-refractivity contribution >= 4 is 57.4 Å². The number of thiazole rings is 1. The van der Waals surface area contributed by atoms with Crippen molar-refractivity contribution in [2.45, 2.75) is 25.9 Å². The Morgan fingerprint density at radius 2 is 1.86 bits per heavy atom. The van der Waals surface area contributed by atoms with Gasteiger partial charge in [-0.05, 0) is 30.7 Å². The Balaban J connectivity index is 0.00000300. The van der Waals surface area contributed by atoms with Crippen LogP contribution < -0.4 is 10.2 Å². The van der Waals surface area contributed by atoms with Gasteiger partial charge in [-0.25, -0.2) is 0 Å². The molecule has 1 atom stereocenters. The fourth-order valence-corrected chi connectivity index (χ4v) is 4.09. The number of benzene rings is 2. The van der Waals surface area contributed by atoms with Crippen LogP contribution in [0.25, 0.3) is 10.2 Å². The van der Waals surface area contributed by atoms with Gasteiger partial charge in [-0.2, -0.15) is 0 Å². The van der Waals surface area contributed by atoms with E-state index in [0.29, 0.717) is 16.1 Å². The van der Waals surface area contributed by atoms with E-state index in [-0.39, 0.29) is 42.8 Å². The van der Waals surface area contributed by atoms with E-state index < -0.39 is 12.0 Å². The molecular formula is C20H20Cl2N2O4S. The average Bonchev–Trinajstić information content (AvgIpc) is 2.97. The predicted octanol–water partition coefficient (Wildman–Crippen LogP) is 3.95. The molecule has 0 aliphatic heterocycles. The van der Waals surface area contributed by atoms with Crippen LogP contribution in [-0.2, 0) is 20.9 Å². The maximum absolute atomic E-state index is 12.7. The number of rotatable bonds is 7. The number of hydrogen-bond acceptors (Lipinski definition) is 5. The first-order valence-corrected chi connectivity index (χ1v) is 9.96. The van der Waals surface area contributed by atoms with E-state index in [1.54, 1.807) is 37.3 Å². The first kappa shape index (κ1) is 22.9. The molecule has 0 aliphatic carbocycles. The maximum atomic E-state index is 12.7. The summed E-state index contributed by atoms with van der Waals surface area (Å²) in [7, 11) is 0. The van der Waals surface area contributed by atoms with Crippen LogP contribution in [0.1, 0.15) is 24.9 Å². The third-order valence-electron chi connectivity index (χ3n) is 4.17. The Hall–Kier alpha value is -2.35. The number of nitrogens with zero attached hydrogens (tertiary/aromatic N) is 1. The zero-order valence-corrected chi connectivity index (χ0v) is 18.0. The lowest BCUT2D eigenvalue weighted by atomic mass is 10.0. The second-order valence-corrected chi connectivity index (χ2v) is 7.47. The number of fused-ring (bicyclic) bond motifs is 1. The highest BCUT2D eigenvalue weighted by Crippen LogP contribution is 2.25. The number of carbonyl (C=O) groups is 2. The van der Waals surface area contributed by atoms with E-state index in [4.69, 9.17) is 16.3 Å². The Morgan fingerprint density at radius 3 is 2.59 bits per heavy atom. The van der Waals surface area contributed by atoms with Crippen molar-refractivity contribution in [3.63, 3.8) is 0 Å². The van der Waals surface area contributed by atoms with Crippen molar-refractivity contribution < 1.29 is 14.3 Å². The number of amides is 1. The fourth-order valence-electron chi connectivity index (χ4n) is 2.93. The second-order valence-electron chi connectivity index (χ2n) is 6.07. The fraction of sp³-hybridized carbons (Fsp3) is 0.250. The van der Waals surface area contributed by atoms with Crippen LogP contribution in [0.5, 0.6) is 0 Å². The van der Waals surface area contributed by atoms with Gasteiger partial charge in [0.1, 0.15) is 6.54 Å². The summed E-state index contributed by atoms with van der Waals surface area (Å²) in [4.78, 5) is 36.7. The number of para-hydroxylation sites is 1. The molecule has 3 aromatic rings. The molecule has 0 saturated carbocycles. The largest absolute Gasteiger partial charge is 0.466 e. The summed E-state index contributed by atoms with van der Waals surface area (Å²) in [6.45, 7) is 1.82. The molecule has 0 saturated heterocycles. The van der Waals surface area contributed by atoms with Crippen LogP contribution in [0.2, 0.25) is 5.02 Å². The maximum Gasteiger partial charge on any atom is 0.308 e. The zero-order chi connectivity index (χ0) is 20.1. The molecule has 1 N–H and O–H groups in total. The average molecular weight is 455 g/mol. The van der Waals surface area contributed by atoms with Gasteiger partial charge < -0.3 is 10.1 Å². The van der Waals surface area contributed by atoms with E-state index in [9.17, 15) is 14.4 Å². The summed E-state index contributed by atoms with van der Waals surface area (Å²) >= 11 is 7.34. The van der Waals surface area contributed by atoms with E-state index in [2.05, 4.69) is 5.32 Å². The smallest absolute Gasteiger partial charge is 0.308 e. The van der Waals surface area contributed by atoms with Crippen molar-refractivity contribution in [2.24, 2.45) is 0 Å². The molecule has 9 heteroatoms. The van der Waals surface area contributed by atoms with Gasteiger partial charge in [0.25, 0.3) is 0 Å². The highest BCUT2D eigenvalue weighted by atomic mass is 35.5. The lowest BCUT2D eigenvalue weighted by molar-refractivity contribution is -0.143. The number of aromatic nitrogens is 1. The van der Waals surface area contributed by atoms with Crippen LogP contribution in [0.15, 0.2) is 53.3 Å². The molecule has 1 aromatic heterocycles. The zero-order valence-electron chi connectivity index (χ0n) is 15.6. The minimum Gasteiger partial charge on any atom is -0.466 e. The van der Waals surface area contributed by atoms with Crippen molar-refractivity contribution in [2.75, 3.05) is 6.61 Å². The Kier molecular flexibility index (Phi) is 8.25. The van der Waals surface area contributed by atoms with Crippen molar-refractivity contribution in [1.82, 2.24) is 9.88 Å². The number of ether oxygens (including phenoxy) is 1. The Morgan fingerprint density at radius 1 is 1.17 bits per heavy atom. The third-order valence-corrected chi connectivity index (χ3v) is 5.47. The number of halogens is 2. The lowest BCUT2D eigenvalue weighted by Crippen LogP contribution is -2.35. The van der Waals surface area contributed by atoms with Crippen LogP contribution >= 0.6 is 35.3 Å². The van der Waals surface area contributed by atoms with Crippen molar-refractivity contribution in [3.05, 3.63) is 68.8 Å². The van der Waals surface area contributed by atoms with E-state index in [1.807, 2.05) is 18.2 Å². The van der Waals surface area contributed by atoms with Gasteiger partial charge in [0.2, 0.25) is 5.91 Å². The van der Waals surface area contributed by atoms with Crippen LogP contribution in [0.4, 0.5) is 0 Å². The van der Waals surface area contributed by atoms with E-state index in [1.165, 1.54) is 4.57 Å². The normalized spacial score (nSPS) is 11.5. The molecule has 29 heavy (non-hydrogen) atoms. The van der Waals surface area contributed by atoms with Gasteiger partial charge in [0.15, 0.2) is 0 Å². The van der Waals surface area contributed by atoms with Gasteiger partial charge in [-0.3, -0.25) is 19.0 Å². The highest BCUT2D eigenvalue weighted by Gasteiger charge is 2.22. The number of hydrogen-bond donors (Lipinski definition) is 1. The van der Waals surface area contributed by atoms with Gasteiger partial charge in [0, 0.05) is 5.02 Å². The van der Waals surface area contributed by atoms with Crippen molar-refractivity contribution in [3.8, 4) is 0 Å². The van der Waals surface area contributed by atoms with E-state index in [0.717, 1.165) is 16.0 Å². The van der Waals surface area contributed by atoms with Gasteiger partial charge in [-0.15, -0.1) is 12.4 Å². The summed E-state index contributed by atoms with van der Waals surface area (Å²) in [6, 6.07) is 13.6. The monoisotopic (exact) mass is 454 g/mol. The van der Waals surface area contributed by atoms with Crippen LogP contribution in [-0.4, -0.2) is 23.1 Å². The van der Waals surface area contributed by atoms with Gasteiger partial charge >= 0.3 is 10.8 Å². The molecule has 6 nitrogen and oxygen atoms in total. The Bertz CT molecular complexity index is 1060. The summed E-state index contributed by atoms with van der Waals surface area (Å²) in [5.74, 6) is -0.828. The standard InChI is InChI=1S/C20H19ClN2O4S.ClH/c1-2-27-19(25)11-15(13-7-3-4-8-14(13)21)22-18(24)12-23-16-9-5-6-10-17(16)28-20(23)26;/h3-10,15H,2,11-12H2,1H3,(H,22,24);1H. The van der Waals surface area contributed by atoms with Crippen molar-refractivity contribution in [1.29, 1.82) is 0 Å². The lowest BCUT2D eigenvalue weighted by Gasteiger charge is -2.20. The van der Waals surface area contributed by atoms with Crippen LogP contribution in [0.3, 0.4) is 0 Å². The predicted molar refractivity (Wildman–Crippen MR) is 117 cm³/mol. The molecule has 0 aliphatic rings. The van der Waals surface area contributed by atoms with Gasteiger partial charge in [-0.1, -0.05) is 53.3 Å². The second kappa shape index (κ2) is 10.4. The topological polar surface area (TPSA) is 77.4 Å². The molecule has 154 valence electrons. The summed E-state index contributed by atoms with van der Waals surface area (Å²) in [5, 5.41) is 3.25. The minimum atomic E-state index is -0.652. The first-order valence-electron chi connectivity index (χ1n) is 8.77. The first-order chi connectivity index (χ1) is 13.5. The molecule has 0 fully saturated rings. The highest BCUT2D eigenvalue weighted by molar-refractivity contribution is 7.16. The molecule has 0 spiro atoms. The molecule has 3 rings (SSSR count). The van der Waals surface area contributed by atoms with E-state index >= 15 is 0 Å².